The highest BCUT2D eigenvalue weighted by atomic mass is 16.4. The fourth-order valence-corrected chi connectivity index (χ4v) is 2.95. The van der Waals surface area contributed by atoms with E-state index in [0.29, 0.717) is 25.1 Å². The zero-order valence-electron chi connectivity index (χ0n) is 13.4. The maximum Gasteiger partial charge on any atom is 0.407 e. The Hall–Kier alpha value is -3.13. The second kappa shape index (κ2) is 6.55. The van der Waals surface area contributed by atoms with Gasteiger partial charge in [0.2, 0.25) is 0 Å². The lowest BCUT2D eigenvalue weighted by Crippen LogP contribution is -2.33. The van der Waals surface area contributed by atoms with Gasteiger partial charge in [0.1, 0.15) is 0 Å². The number of hydrogen-bond donors (Lipinski definition) is 1. The van der Waals surface area contributed by atoms with Gasteiger partial charge in [0.05, 0.1) is 11.6 Å². The number of aryl methyl sites for hydroxylation is 1. The minimum Gasteiger partial charge on any atom is -0.465 e. The van der Waals surface area contributed by atoms with Gasteiger partial charge in [0.15, 0.2) is 0 Å². The Labute approximate surface area is 140 Å². The van der Waals surface area contributed by atoms with Gasteiger partial charge in [-0.15, -0.1) is 0 Å². The first-order chi connectivity index (χ1) is 11.6. The van der Waals surface area contributed by atoms with Crippen LogP contribution >= 0.6 is 0 Å². The standard InChI is InChI=1S/C19H17N3O2/c1-13-10-15(2-3-16(13)11-20)17-4-7-21-12-18(17)14-5-8-22(9-6-14)19(23)24/h2-5,7,10,12H,6,8-9H2,1H3,(H,23,24). The molecule has 1 aromatic carbocycles. The highest BCUT2D eigenvalue weighted by Gasteiger charge is 2.19. The lowest BCUT2D eigenvalue weighted by atomic mass is 9.92. The van der Waals surface area contributed by atoms with Crippen molar-refractivity contribution >= 4 is 11.7 Å². The third-order valence-corrected chi connectivity index (χ3v) is 4.30. The summed E-state index contributed by atoms with van der Waals surface area (Å²) in [5.41, 5.74) is 5.82. The summed E-state index contributed by atoms with van der Waals surface area (Å²) in [6.45, 7) is 2.81. The number of pyridine rings is 1. The van der Waals surface area contributed by atoms with Crippen molar-refractivity contribution in [3.63, 3.8) is 0 Å². The monoisotopic (exact) mass is 319 g/mol. The van der Waals surface area contributed by atoms with Crippen LogP contribution in [0.25, 0.3) is 16.7 Å². The van der Waals surface area contributed by atoms with E-state index in [1.165, 1.54) is 4.90 Å². The second-order valence-corrected chi connectivity index (χ2v) is 5.77. The molecule has 0 saturated carbocycles. The summed E-state index contributed by atoms with van der Waals surface area (Å²) in [6.07, 6.45) is 5.30. The number of hydrogen-bond acceptors (Lipinski definition) is 3. The predicted molar refractivity (Wildman–Crippen MR) is 91.3 cm³/mol. The normalized spacial score (nSPS) is 14.0. The van der Waals surface area contributed by atoms with Crippen LogP contribution in [0.2, 0.25) is 0 Å². The summed E-state index contributed by atoms with van der Waals surface area (Å²) in [5.74, 6) is 0. The quantitative estimate of drug-likeness (QED) is 0.915. The molecule has 1 aliphatic rings. The molecule has 0 saturated heterocycles. The van der Waals surface area contributed by atoms with Gasteiger partial charge in [-0.2, -0.15) is 5.26 Å². The van der Waals surface area contributed by atoms with E-state index in [2.05, 4.69) is 11.1 Å². The van der Waals surface area contributed by atoms with Gasteiger partial charge in [-0.3, -0.25) is 4.98 Å². The molecular formula is C19H17N3O2. The average molecular weight is 319 g/mol. The molecule has 3 rings (SSSR count). The first-order valence-corrected chi connectivity index (χ1v) is 7.72. The molecule has 0 unspecified atom stereocenters. The molecule has 0 radical (unpaired) electrons. The first kappa shape index (κ1) is 15.8. The van der Waals surface area contributed by atoms with Crippen LogP contribution < -0.4 is 0 Å². The van der Waals surface area contributed by atoms with Crippen LogP contribution in [0.5, 0.6) is 0 Å². The van der Waals surface area contributed by atoms with Crippen molar-refractivity contribution in [2.45, 2.75) is 13.3 Å². The molecule has 0 fully saturated rings. The van der Waals surface area contributed by atoms with Crippen LogP contribution in [0.1, 0.15) is 23.1 Å². The van der Waals surface area contributed by atoms with Crippen LogP contribution in [-0.4, -0.2) is 34.2 Å². The molecule has 1 aliphatic heterocycles. The van der Waals surface area contributed by atoms with E-state index in [1.807, 2.05) is 43.5 Å². The molecule has 0 atom stereocenters. The summed E-state index contributed by atoms with van der Waals surface area (Å²) >= 11 is 0. The van der Waals surface area contributed by atoms with Crippen molar-refractivity contribution in [2.24, 2.45) is 0 Å². The Kier molecular flexibility index (Phi) is 4.30. The van der Waals surface area contributed by atoms with Crippen molar-refractivity contribution in [1.82, 2.24) is 9.88 Å². The smallest absolute Gasteiger partial charge is 0.407 e. The van der Waals surface area contributed by atoms with Gasteiger partial charge in [-0.1, -0.05) is 18.2 Å². The molecule has 5 nitrogen and oxygen atoms in total. The van der Waals surface area contributed by atoms with Gasteiger partial charge in [-0.05, 0) is 47.7 Å². The van der Waals surface area contributed by atoms with E-state index >= 15 is 0 Å². The van der Waals surface area contributed by atoms with Gasteiger partial charge in [-0.25, -0.2) is 4.79 Å². The predicted octanol–water partition coefficient (Wildman–Crippen LogP) is 3.70. The Bertz CT molecular complexity index is 865. The van der Waals surface area contributed by atoms with E-state index in [0.717, 1.165) is 27.8 Å². The molecular weight excluding hydrogens is 302 g/mol. The first-order valence-electron chi connectivity index (χ1n) is 7.72. The van der Waals surface area contributed by atoms with E-state index in [4.69, 9.17) is 10.4 Å². The molecule has 0 spiro atoms. The van der Waals surface area contributed by atoms with Gasteiger partial charge < -0.3 is 10.0 Å². The van der Waals surface area contributed by atoms with Crippen LogP contribution in [0.4, 0.5) is 4.79 Å². The van der Waals surface area contributed by atoms with Crippen molar-refractivity contribution in [1.29, 1.82) is 5.26 Å². The SMILES string of the molecule is Cc1cc(-c2ccncc2C2=CCN(C(=O)O)CC2)ccc1C#N. The van der Waals surface area contributed by atoms with E-state index in [-0.39, 0.29) is 0 Å². The molecule has 0 bridgehead atoms. The maximum atomic E-state index is 11.0. The number of nitrogens with zero attached hydrogens (tertiary/aromatic N) is 3. The number of amides is 1. The van der Waals surface area contributed by atoms with Crippen molar-refractivity contribution in [2.75, 3.05) is 13.1 Å². The molecule has 2 aromatic rings. The molecule has 1 N–H and O–H groups in total. The van der Waals surface area contributed by atoms with Crippen LogP contribution in [0, 0.1) is 18.3 Å². The number of carboxylic acid groups (broad SMARTS) is 1. The zero-order chi connectivity index (χ0) is 17.1. The largest absolute Gasteiger partial charge is 0.465 e. The molecule has 5 heteroatoms. The molecule has 1 amide bonds. The number of nitriles is 1. The highest BCUT2D eigenvalue weighted by Crippen LogP contribution is 2.32. The molecule has 24 heavy (non-hydrogen) atoms. The lowest BCUT2D eigenvalue weighted by Gasteiger charge is -2.24. The van der Waals surface area contributed by atoms with Gasteiger partial charge in [0.25, 0.3) is 0 Å². The number of carbonyl (C=O) groups is 1. The number of aromatic nitrogens is 1. The Morgan fingerprint density at radius 1 is 1.33 bits per heavy atom. The number of benzene rings is 1. The molecule has 0 aliphatic carbocycles. The Morgan fingerprint density at radius 3 is 2.79 bits per heavy atom. The van der Waals surface area contributed by atoms with Gasteiger partial charge in [0, 0.05) is 31.0 Å². The van der Waals surface area contributed by atoms with E-state index in [1.54, 1.807) is 6.20 Å². The van der Waals surface area contributed by atoms with E-state index < -0.39 is 6.09 Å². The topological polar surface area (TPSA) is 77.2 Å². The minimum absolute atomic E-state index is 0.394. The summed E-state index contributed by atoms with van der Waals surface area (Å²) in [7, 11) is 0. The van der Waals surface area contributed by atoms with E-state index in [9.17, 15) is 4.79 Å². The van der Waals surface area contributed by atoms with Gasteiger partial charge >= 0.3 is 6.09 Å². The maximum absolute atomic E-state index is 11.0. The molecule has 120 valence electrons. The summed E-state index contributed by atoms with van der Waals surface area (Å²) in [6, 6.07) is 9.92. The minimum atomic E-state index is -0.889. The molecule has 1 aromatic heterocycles. The Balaban J connectivity index is 1.99. The van der Waals surface area contributed by atoms with Crippen molar-refractivity contribution in [3.05, 3.63) is 59.4 Å². The highest BCUT2D eigenvalue weighted by molar-refractivity contribution is 5.82. The summed E-state index contributed by atoms with van der Waals surface area (Å²) in [4.78, 5) is 16.7. The third-order valence-electron chi connectivity index (χ3n) is 4.30. The third kappa shape index (κ3) is 2.99. The summed E-state index contributed by atoms with van der Waals surface area (Å²) in [5, 5.41) is 18.2. The fraction of sp³-hybridized carbons (Fsp3) is 0.211. The lowest BCUT2D eigenvalue weighted by molar-refractivity contribution is 0.150. The fourth-order valence-electron chi connectivity index (χ4n) is 2.95. The molecule has 2 heterocycles. The van der Waals surface area contributed by atoms with Crippen molar-refractivity contribution < 1.29 is 9.90 Å². The zero-order valence-corrected chi connectivity index (χ0v) is 13.4. The van der Waals surface area contributed by atoms with Crippen LogP contribution in [0.3, 0.4) is 0 Å². The van der Waals surface area contributed by atoms with Crippen LogP contribution in [0.15, 0.2) is 42.7 Å². The van der Waals surface area contributed by atoms with Crippen LogP contribution in [-0.2, 0) is 0 Å². The summed E-state index contributed by atoms with van der Waals surface area (Å²) < 4.78 is 0. The Morgan fingerprint density at radius 2 is 2.17 bits per heavy atom. The number of rotatable bonds is 2. The van der Waals surface area contributed by atoms with Crippen molar-refractivity contribution in [3.8, 4) is 17.2 Å². The average Bonchev–Trinajstić information content (AvgIpc) is 2.61. The second-order valence-electron chi connectivity index (χ2n) is 5.77.